The molecule has 1 aliphatic rings. The van der Waals surface area contributed by atoms with Gasteiger partial charge in [-0.2, -0.15) is 5.10 Å². The molecule has 0 spiro atoms. The van der Waals surface area contributed by atoms with Crippen LogP contribution >= 0.6 is 0 Å². The minimum Gasteiger partial charge on any atom is -0.379 e. The molecule has 0 radical (unpaired) electrons. The number of ether oxygens (including phenoxy) is 1. The highest BCUT2D eigenvalue weighted by Gasteiger charge is 2.09. The van der Waals surface area contributed by atoms with E-state index in [1.54, 1.807) is 0 Å². The van der Waals surface area contributed by atoms with Gasteiger partial charge in [0.15, 0.2) is 5.96 Å². The molecule has 0 bridgehead atoms. The molecule has 1 aromatic heterocycles. The summed E-state index contributed by atoms with van der Waals surface area (Å²) in [5.74, 6) is 0.533. The molecule has 2 rings (SSSR count). The molecule has 1 saturated heterocycles. The zero-order valence-electron chi connectivity index (χ0n) is 14.6. The third kappa shape index (κ3) is 5.51. The highest BCUT2D eigenvalue weighted by atomic mass is 16.5. The van der Waals surface area contributed by atoms with Crippen LogP contribution in [-0.4, -0.2) is 66.6 Å². The molecule has 130 valence electrons. The SMILES string of the molecule is Cc1nn(C)c(C)c1CCNC(N)=NCCCN1CCOCC1. The van der Waals surface area contributed by atoms with E-state index in [9.17, 15) is 0 Å². The van der Waals surface area contributed by atoms with Gasteiger partial charge in [0.25, 0.3) is 0 Å². The lowest BCUT2D eigenvalue weighted by Gasteiger charge is -2.26. The highest BCUT2D eigenvalue weighted by molar-refractivity contribution is 5.77. The number of morpholine rings is 1. The van der Waals surface area contributed by atoms with Crippen molar-refractivity contribution in [2.45, 2.75) is 26.7 Å². The molecule has 0 atom stereocenters. The molecule has 7 heteroatoms. The Balaban J connectivity index is 1.63. The number of aryl methyl sites for hydroxylation is 2. The fourth-order valence-corrected chi connectivity index (χ4v) is 2.87. The fraction of sp³-hybridized carbons (Fsp3) is 0.750. The van der Waals surface area contributed by atoms with Crippen molar-refractivity contribution in [2.24, 2.45) is 17.8 Å². The number of hydrogen-bond acceptors (Lipinski definition) is 4. The van der Waals surface area contributed by atoms with Gasteiger partial charge < -0.3 is 15.8 Å². The van der Waals surface area contributed by atoms with Crippen molar-refractivity contribution in [3.05, 3.63) is 17.0 Å². The second-order valence-electron chi connectivity index (χ2n) is 6.02. The number of nitrogens with zero attached hydrogens (tertiary/aromatic N) is 4. The average Bonchev–Trinajstić information content (AvgIpc) is 2.79. The maximum atomic E-state index is 5.92. The number of aromatic nitrogens is 2. The first kappa shape index (κ1) is 17.7. The Morgan fingerprint density at radius 2 is 2.09 bits per heavy atom. The van der Waals surface area contributed by atoms with Crippen molar-refractivity contribution in [3.63, 3.8) is 0 Å². The molecule has 23 heavy (non-hydrogen) atoms. The van der Waals surface area contributed by atoms with Crippen LogP contribution in [0.1, 0.15) is 23.4 Å². The molecule has 0 aromatic carbocycles. The van der Waals surface area contributed by atoms with Crippen molar-refractivity contribution >= 4 is 5.96 Å². The van der Waals surface area contributed by atoms with E-state index in [1.165, 1.54) is 11.3 Å². The number of nitrogens with two attached hydrogens (primary N) is 1. The van der Waals surface area contributed by atoms with E-state index in [-0.39, 0.29) is 0 Å². The molecule has 1 aromatic rings. The van der Waals surface area contributed by atoms with E-state index < -0.39 is 0 Å². The van der Waals surface area contributed by atoms with E-state index in [1.807, 2.05) is 18.7 Å². The van der Waals surface area contributed by atoms with Crippen molar-refractivity contribution in [1.82, 2.24) is 20.0 Å². The average molecular weight is 322 g/mol. The zero-order valence-corrected chi connectivity index (χ0v) is 14.6. The predicted octanol–water partition coefficient (Wildman–Crippen LogP) is 0.206. The van der Waals surface area contributed by atoms with Crippen LogP contribution in [0, 0.1) is 13.8 Å². The number of aliphatic imine (C=N–C) groups is 1. The molecule has 0 amide bonds. The summed E-state index contributed by atoms with van der Waals surface area (Å²) in [5.41, 5.74) is 9.52. The Bertz CT molecular complexity index is 519. The predicted molar refractivity (Wildman–Crippen MR) is 92.8 cm³/mol. The topological polar surface area (TPSA) is 80.7 Å². The second kappa shape index (κ2) is 8.88. The molecule has 0 saturated carbocycles. The second-order valence-corrected chi connectivity index (χ2v) is 6.02. The van der Waals surface area contributed by atoms with Crippen molar-refractivity contribution in [3.8, 4) is 0 Å². The Morgan fingerprint density at radius 3 is 2.74 bits per heavy atom. The van der Waals surface area contributed by atoms with Crippen LogP contribution in [0.2, 0.25) is 0 Å². The van der Waals surface area contributed by atoms with Crippen molar-refractivity contribution in [1.29, 1.82) is 0 Å². The number of nitrogens with one attached hydrogen (secondary N) is 1. The minimum atomic E-state index is 0.533. The van der Waals surface area contributed by atoms with Crippen LogP contribution in [0.5, 0.6) is 0 Å². The number of hydrogen-bond donors (Lipinski definition) is 2. The lowest BCUT2D eigenvalue weighted by atomic mass is 10.1. The molecular formula is C16H30N6O. The third-order valence-corrected chi connectivity index (χ3v) is 4.36. The van der Waals surface area contributed by atoms with Gasteiger partial charge in [-0.25, -0.2) is 0 Å². The van der Waals surface area contributed by atoms with E-state index in [4.69, 9.17) is 10.5 Å². The first-order valence-corrected chi connectivity index (χ1v) is 8.41. The molecule has 2 heterocycles. The zero-order chi connectivity index (χ0) is 16.7. The van der Waals surface area contributed by atoms with Gasteiger partial charge in [-0.05, 0) is 32.3 Å². The van der Waals surface area contributed by atoms with E-state index in [2.05, 4.69) is 27.2 Å². The smallest absolute Gasteiger partial charge is 0.188 e. The normalized spacial score (nSPS) is 16.7. The van der Waals surface area contributed by atoms with Gasteiger partial charge in [-0.15, -0.1) is 0 Å². The Labute approximate surface area is 138 Å². The lowest BCUT2D eigenvalue weighted by molar-refractivity contribution is 0.0377. The molecule has 1 aliphatic heterocycles. The Hall–Kier alpha value is -1.60. The van der Waals surface area contributed by atoms with Gasteiger partial charge >= 0.3 is 0 Å². The van der Waals surface area contributed by atoms with Crippen molar-refractivity contribution < 1.29 is 4.74 Å². The first-order valence-electron chi connectivity index (χ1n) is 8.41. The summed E-state index contributed by atoms with van der Waals surface area (Å²) in [4.78, 5) is 6.81. The monoisotopic (exact) mass is 322 g/mol. The largest absolute Gasteiger partial charge is 0.379 e. The van der Waals surface area contributed by atoms with E-state index in [0.717, 1.165) is 64.5 Å². The summed E-state index contributed by atoms with van der Waals surface area (Å²) in [7, 11) is 1.98. The summed E-state index contributed by atoms with van der Waals surface area (Å²) in [6, 6.07) is 0. The van der Waals surface area contributed by atoms with Crippen LogP contribution in [0.4, 0.5) is 0 Å². The van der Waals surface area contributed by atoms with Gasteiger partial charge in [0, 0.05) is 45.5 Å². The van der Waals surface area contributed by atoms with Crippen molar-refractivity contribution in [2.75, 3.05) is 45.9 Å². The summed E-state index contributed by atoms with van der Waals surface area (Å²) in [5, 5.41) is 7.62. The van der Waals surface area contributed by atoms with Gasteiger partial charge in [-0.3, -0.25) is 14.6 Å². The third-order valence-electron chi connectivity index (χ3n) is 4.36. The van der Waals surface area contributed by atoms with Crippen LogP contribution in [0.15, 0.2) is 4.99 Å². The standard InChI is InChI=1S/C16H30N6O/c1-13-15(14(2)21(3)20-13)5-7-19-16(17)18-6-4-8-22-9-11-23-12-10-22/h4-12H2,1-3H3,(H3,17,18,19). The highest BCUT2D eigenvalue weighted by Crippen LogP contribution is 2.11. The van der Waals surface area contributed by atoms with Crippen LogP contribution in [0.25, 0.3) is 0 Å². The van der Waals surface area contributed by atoms with E-state index in [0.29, 0.717) is 5.96 Å². The quantitative estimate of drug-likeness (QED) is 0.426. The van der Waals surface area contributed by atoms with Gasteiger partial charge in [0.1, 0.15) is 0 Å². The molecule has 1 fully saturated rings. The van der Waals surface area contributed by atoms with Crippen LogP contribution in [0.3, 0.4) is 0 Å². The minimum absolute atomic E-state index is 0.533. The molecule has 7 nitrogen and oxygen atoms in total. The summed E-state index contributed by atoms with van der Waals surface area (Å²) in [6.45, 7) is 10.5. The molecule has 0 unspecified atom stereocenters. The molecular weight excluding hydrogens is 292 g/mol. The van der Waals surface area contributed by atoms with Crippen LogP contribution in [-0.2, 0) is 18.2 Å². The Kier molecular flexibility index (Phi) is 6.85. The first-order chi connectivity index (χ1) is 11.1. The lowest BCUT2D eigenvalue weighted by Crippen LogP contribution is -2.37. The summed E-state index contributed by atoms with van der Waals surface area (Å²) in [6.07, 6.45) is 1.94. The summed E-state index contributed by atoms with van der Waals surface area (Å²) >= 11 is 0. The van der Waals surface area contributed by atoms with Gasteiger partial charge in [-0.1, -0.05) is 0 Å². The van der Waals surface area contributed by atoms with Gasteiger partial charge in [0.05, 0.1) is 18.9 Å². The fourth-order valence-electron chi connectivity index (χ4n) is 2.87. The van der Waals surface area contributed by atoms with Gasteiger partial charge in [0.2, 0.25) is 0 Å². The molecule has 0 aliphatic carbocycles. The maximum Gasteiger partial charge on any atom is 0.188 e. The number of rotatable bonds is 7. The van der Waals surface area contributed by atoms with Crippen LogP contribution < -0.4 is 11.1 Å². The number of guanidine groups is 1. The Morgan fingerprint density at radius 1 is 1.35 bits per heavy atom. The van der Waals surface area contributed by atoms with E-state index >= 15 is 0 Å². The molecule has 3 N–H and O–H groups in total. The summed E-state index contributed by atoms with van der Waals surface area (Å²) < 4.78 is 7.26. The maximum absolute atomic E-state index is 5.92.